The van der Waals surface area contributed by atoms with Crippen molar-refractivity contribution in [2.24, 2.45) is 5.92 Å². The molecule has 19 heavy (non-hydrogen) atoms. The molecule has 1 aliphatic heterocycles. The van der Waals surface area contributed by atoms with Crippen molar-refractivity contribution in [3.8, 4) is 6.07 Å². The molecule has 0 bridgehead atoms. The van der Waals surface area contributed by atoms with Gasteiger partial charge in [0.25, 0.3) is 0 Å². The van der Waals surface area contributed by atoms with Gasteiger partial charge < -0.3 is 5.32 Å². The number of benzene rings is 1. The third-order valence-electron chi connectivity index (χ3n) is 3.52. The first kappa shape index (κ1) is 13.6. The molecule has 1 saturated heterocycles. The van der Waals surface area contributed by atoms with Crippen LogP contribution < -0.4 is 5.32 Å². The van der Waals surface area contributed by atoms with Crippen molar-refractivity contribution in [1.29, 1.82) is 5.26 Å². The fourth-order valence-corrected chi connectivity index (χ4v) is 2.29. The molecular formula is C15H19N3O. The van der Waals surface area contributed by atoms with Crippen LogP contribution in [-0.4, -0.2) is 30.4 Å². The Morgan fingerprint density at radius 1 is 1.47 bits per heavy atom. The van der Waals surface area contributed by atoms with Gasteiger partial charge in [-0.1, -0.05) is 13.0 Å². The normalized spacial score (nSPS) is 16.8. The molecule has 1 heterocycles. The first-order chi connectivity index (χ1) is 9.17. The van der Waals surface area contributed by atoms with E-state index < -0.39 is 0 Å². The third kappa shape index (κ3) is 4.08. The number of nitrogens with zero attached hydrogens (tertiary/aromatic N) is 2. The molecule has 0 spiro atoms. The van der Waals surface area contributed by atoms with E-state index in [1.165, 1.54) is 0 Å². The standard InChI is InChI=1S/C15H19N3O/c1-12-5-7-18(8-6-12)11-15(19)17-14-4-2-3-13(9-14)10-16/h2-4,9,12H,5-8,11H2,1H3,(H,17,19). The topological polar surface area (TPSA) is 56.1 Å². The van der Waals surface area contributed by atoms with Crippen LogP contribution in [0.3, 0.4) is 0 Å². The molecule has 0 atom stereocenters. The van der Waals surface area contributed by atoms with Crippen LogP contribution in [0.4, 0.5) is 5.69 Å². The van der Waals surface area contributed by atoms with Crippen LogP contribution in [0.1, 0.15) is 25.3 Å². The molecule has 1 N–H and O–H groups in total. The van der Waals surface area contributed by atoms with E-state index >= 15 is 0 Å². The third-order valence-corrected chi connectivity index (χ3v) is 3.52. The Hall–Kier alpha value is -1.86. The number of anilines is 1. The second kappa shape index (κ2) is 6.35. The zero-order chi connectivity index (χ0) is 13.7. The van der Waals surface area contributed by atoms with Gasteiger partial charge in [0, 0.05) is 5.69 Å². The van der Waals surface area contributed by atoms with Crippen molar-refractivity contribution in [2.45, 2.75) is 19.8 Å². The van der Waals surface area contributed by atoms with Gasteiger partial charge in [-0.05, 0) is 50.0 Å². The average molecular weight is 257 g/mol. The number of nitriles is 1. The van der Waals surface area contributed by atoms with Gasteiger partial charge in [-0.3, -0.25) is 9.69 Å². The summed E-state index contributed by atoms with van der Waals surface area (Å²) >= 11 is 0. The fraction of sp³-hybridized carbons (Fsp3) is 0.467. The zero-order valence-corrected chi connectivity index (χ0v) is 11.2. The van der Waals surface area contributed by atoms with Crippen LogP contribution in [0.5, 0.6) is 0 Å². The monoisotopic (exact) mass is 257 g/mol. The van der Waals surface area contributed by atoms with Crippen LogP contribution in [0.25, 0.3) is 0 Å². The number of carbonyl (C=O) groups excluding carboxylic acids is 1. The first-order valence-electron chi connectivity index (χ1n) is 6.70. The molecule has 1 aromatic carbocycles. The number of hydrogen-bond acceptors (Lipinski definition) is 3. The van der Waals surface area contributed by atoms with E-state index in [1.54, 1.807) is 24.3 Å². The Morgan fingerprint density at radius 2 is 2.21 bits per heavy atom. The van der Waals surface area contributed by atoms with Gasteiger partial charge in [-0.2, -0.15) is 5.26 Å². The second-order valence-corrected chi connectivity index (χ2v) is 5.20. The van der Waals surface area contributed by atoms with E-state index in [4.69, 9.17) is 5.26 Å². The molecule has 1 fully saturated rings. The van der Waals surface area contributed by atoms with Crippen LogP contribution in [0.2, 0.25) is 0 Å². The summed E-state index contributed by atoms with van der Waals surface area (Å²) in [7, 11) is 0. The van der Waals surface area contributed by atoms with E-state index in [2.05, 4.69) is 23.2 Å². The number of hydrogen-bond donors (Lipinski definition) is 1. The van der Waals surface area contributed by atoms with E-state index in [0.29, 0.717) is 17.8 Å². The van der Waals surface area contributed by atoms with Crippen molar-refractivity contribution in [3.63, 3.8) is 0 Å². The van der Waals surface area contributed by atoms with Gasteiger partial charge in [0.1, 0.15) is 0 Å². The minimum Gasteiger partial charge on any atom is -0.325 e. The molecule has 1 aliphatic rings. The number of amides is 1. The van der Waals surface area contributed by atoms with Gasteiger partial charge in [0.05, 0.1) is 18.2 Å². The van der Waals surface area contributed by atoms with Crippen LogP contribution in [-0.2, 0) is 4.79 Å². The molecule has 0 radical (unpaired) electrons. The van der Waals surface area contributed by atoms with Crippen molar-refractivity contribution >= 4 is 11.6 Å². The van der Waals surface area contributed by atoms with Crippen LogP contribution in [0, 0.1) is 17.2 Å². The molecule has 0 aliphatic carbocycles. The Labute approximate surface area is 114 Å². The summed E-state index contributed by atoms with van der Waals surface area (Å²) in [6.07, 6.45) is 2.33. The Kier molecular flexibility index (Phi) is 4.53. The van der Waals surface area contributed by atoms with E-state index in [1.807, 2.05) is 0 Å². The Morgan fingerprint density at radius 3 is 2.89 bits per heavy atom. The van der Waals surface area contributed by atoms with Gasteiger partial charge in [-0.15, -0.1) is 0 Å². The Balaban J connectivity index is 1.85. The lowest BCUT2D eigenvalue weighted by Gasteiger charge is -2.29. The molecule has 0 saturated carbocycles. The molecule has 1 amide bonds. The van der Waals surface area contributed by atoms with Gasteiger partial charge in [0.15, 0.2) is 0 Å². The predicted octanol–water partition coefficient (Wildman–Crippen LogP) is 2.23. The maximum absolute atomic E-state index is 11.9. The molecule has 0 aromatic heterocycles. The zero-order valence-electron chi connectivity index (χ0n) is 11.2. The predicted molar refractivity (Wildman–Crippen MR) is 74.6 cm³/mol. The van der Waals surface area contributed by atoms with E-state index in [-0.39, 0.29) is 5.91 Å². The summed E-state index contributed by atoms with van der Waals surface area (Å²) in [6.45, 7) is 4.67. The summed E-state index contributed by atoms with van der Waals surface area (Å²) in [6, 6.07) is 9.06. The first-order valence-corrected chi connectivity index (χ1v) is 6.70. The largest absolute Gasteiger partial charge is 0.325 e. The summed E-state index contributed by atoms with van der Waals surface area (Å²) in [4.78, 5) is 14.1. The maximum Gasteiger partial charge on any atom is 0.238 e. The number of piperidine rings is 1. The lowest BCUT2D eigenvalue weighted by atomic mass is 9.99. The molecule has 2 rings (SSSR count). The van der Waals surface area contributed by atoms with Crippen molar-refractivity contribution in [3.05, 3.63) is 29.8 Å². The van der Waals surface area contributed by atoms with E-state index in [0.717, 1.165) is 31.8 Å². The second-order valence-electron chi connectivity index (χ2n) is 5.20. The van der Waals surface area contributed by atoms with Gasteiger partial charge in [0.2, 0.25) is 5.91 Å². The molecule has 0 unspecified atom stereocenters. The van der Waals surface area contributed by atoms with Crippen molar-refractivity contribution in [2.75, 3.05) is 25.0 Å². The SMILES string of the molecule is CC1CCN(CC(=O)Nc2cccc(C#N)c2)CC1. The smallest absolute Gasteiger partial charge is 0.238 e. The highest BCUT2D eigenvalue weighted by atomic mass is 16.2. The minimum absolute atomic E-state index is 0.00959. The quantitative estimate of drug-likeness (QED) is 0.903. The number of nitrogens with one attached hydrogen (secondary N) is 1. The summed E-state index contributed by atoms with van der Waals surface area (Å²) in [5.74, 6) is 0.760. The lowest BCUT2D eigenvalue weighted by molar-refractivity contribution is -0.117. The molecule has 4 heteroatoms. The highest BCUT2D eigenvalue weighted by molar-refractivity contribution is 5.92. The fourth-order valence-electron chi connectivity index (χ4n) is 2.29. The summed E-state index contributed by atoms with van der Waals surface area (Å²) in [5, 5.41) is 11.7. The lowest BCUT2D eigenvalue weighted by Crippen LogP contribution is -2.38. The van der Waals surface area contributed by atoms with Crippen LogP contribution in [0.15, 0.2) is 24.3 Å². The van der Waals surface area contributed by atoms with Gasteiger partial charge in [-0.25, -0.2) is 0 Å². The number of rotatable bonds is 3. The van der Waals surface area contributed by atoms with Gasteiger partial charge >= 0.3 is 0 Å². The molecule has 1 aromatic rings. The number of likely N-dealkylation sites (tertiary alicyclic amines) is 1. The van der Waals surface area contributed by atoms with Crippen LogP contribution >= 0.6 is 0 Å². The van der Waals surface area contributed by atoms with Crippen molar-refractivity contribution < 1.29 is 4.79 Å². The summed E-state index contributed by atoms with van der Waals surface area (Å²) in [5.41, 5.74) is 1.25. The molecule has 4 nitrogen and oxygen atoms in total. The molecule has 100 valence electrons. The highest BCUT2D eigenvalue weighted by Crippen LogP contribution is 2.16. The summed E-state index contributed by atoms with van der Waals surface area (Å²) < 4.78 is 0. The molecular weight excluding hydrogens is 238 g/mol. The maximum atomic E-state index is 11.9. The van der Waals surface area contributed by atoms with E-state index in [9.17, 15) is 4.79 Å². The number of carbonyl (C=O) groups is 1. The minimum atomic E-state index is -0.00959. The van der Waals surface area contributed by atoms with Crippen molar-refractivity contribution in [1.82, 2.24) is 4.90 Å². The highest BCUT2D eigenvalue weighted by Gasteiger charge is 2.17. The Bertz CT molecular complexity index is 484. The average Bonchev–Trinajstić information content (AvgIpc) is 2.41.